The number of halogens is 1. The van der Waals surface area contributed by atoms with Gasteiger partial charge in [0, 0.05) is 23.3 Å². The molecule has 0 spiro atoms. The fraction of sp³-hybridized carbons (Fsp3) is 0.214. The zero-order valence-corrected chi connectivity index (χ0v) is 12.0. The van der Waals surface area contributed by atoms with Crippen LogP contribution in [-0.4, -0.2) is 12.0 Å². The Bertz CT molecular complexity index is 526. The van der Waals surface area contributed by atoms with Crippen molar-refractivity contribution < 1.29 is 4.74 Å². The van der Waals surface area contributed by atoms with Crippen LogP contribution in [0.2, 0.25) is 0 Å². The molecule has 0 amide bonds. The zero-order valence-electron chi connectivity index (χ0n) is 10.4. The number of benzene rings is 1. The highest BCUT2D eigenvalue weighted by molar-refractivity contribution is 9.10. The molecule has 0 saturated carbocycles. The molecule has 2 rings (SSSR count). The highest BCUT2D eigenvalue weighted by Gasteiger charge is 2.01. The Balaban J connectivity index is 2.04. The highest BCUT2D eigenvalue weighted by atomic mass is 79.9. The molecule has 18 heavy (non-hydrogen) atoms. The van der Waals surface area contributed by atoms with Gasteiger partial charge in [0.2, 0.25) is 0 Å². The Labute approximate surface area is 115 Å². The quantitative estimate of drug-likeness (QED) is 0.933. The van der Waals surface area contributed by atoms with E-state index in [1.807, 2.05) is 50.5 Å². The van der Waals surface area contributed by atoms with E-state index in [0.717, 1.165) is 27.2 Å². The van der Waals surface area contributed by atoms with Crippen LogP contribution < -0.4 is 10.1 Å². The Hall–Kier alpha value is -1.55. The molecule has 0 saturated heterocycles. The van der Waals surface area contributed by atoms with Gasteiger partial charge in [-0.15, -0.1) is 0 Å². The number of pyridine rings is 1. The summed E-state index contributed by atoms with van der Waals surface area (Å²) in [5.41, 5.74) is 2.17. The van der Waals surface area contributed by atoms with Gasteiger partial charge in [0.1, 0.15) is 18.2 Å². The summed E-state index contributed by atoms with van der Waals surface area (Å²) in [6.45, 7) is 2.55. The fourth-order valence-electron chi connectivity index (χ4n) is 1.55. The summed E-state index contributed by atoms with van der Waals surface area (Å²) in [4.78, 5) is 4.25. The van der Waals surface area contributed by atoms with Gasteiger partial charge in [-0.25, -0.2) is 4.98 Å². The third-order valence-electron chi connectivity index (χ3n) is 2.63. The van der Waals surface area contributed by atoms with Crippen molar-refractivity contribution in [3.8, 4) is 5.75 Å². The monoisotopic (exact) mass is 306 g/mol. The van der Waals surface area contributed by atoms with E-state index in [1.54, 1.807) is 0 Å². The fourth-order valence-corrected chi connectivity index (χ4v) is 1.89. The summed E-state index contributed by atoms with van der Waals surface area (Å²) in [6, 6.07) is 9.95. The van der Waals surface area contributed by atoms with E-state index in [-0.39, 0.29) is 0 Å². The molecule has 0 aliphatic heterocycles. The SMILES string of the molecule is CNc1ccc(COc2cc(Br)ccc2C)cn1. The number of hydrogen-bond donors (Lipinski definition) is 1. The van der Waals surface area contributed by atoms with Gasteiger partial charge in [-0.1, -0.05) is 28.1 Å². The van der Waals surface area contributed by atoms with E-state index in [9.17, 15) is 0 Å². The second kappa shape index (κ2) is 5.87. The summed E-state index contributed by atoms with van der Waals surface area (Å²) in [5, 5.41) is 2.99. The average molecular weight is 307 g/mol. The first kappa shape index (κ1) is 12.9. The Morgan fingerprint density at radius 2 is 2.11 bits per heavy atom. The van der Waals surface area contributed by atoms with Gasteiger partial charge in [0.15, 0.2) is 0 Å². The lowest BCUT2D eigenvalue weighted by Crippen LogP contribution is -1.99. The number of nitrogens with zero attached hydrogens (tertiary/aromatic N) is 1. The van der Waals surface area contributed by atoms with E-state index < -0.39 is 0 Å². The van der Waals surface area contributed by atoms with Crippen molar-refractivity contribution in [2.24, 2.45) is 0 Å². The average Bonchev–Trinajstić information content (AvgIpc) is 2.40. The molecule has 0 bridgehead atoms. The molecule has 0 radical (unpaired) electrons. The molecule has 0 aliphatic carbocycles. The van der Waals surface area contributed by atoms with Crippen LogP contribution in [-0.2, 0) is 6.61 Å². The molecule has 94 valence electrons. The first-order valence-electron chi connectivity index (χ1n) is 5.70. The van der Waals surface area contributed by atoms with Crippen molar-refractivity contribution in [1.29, 1.82) is 0 Å². The van der Waals surface area contributed by atoms with Crippen molar-refractivity contribution in [2.75, 3.05) is 12.4 Å². The number of anilines is 1. The Morgan fingerprint density at radius 1 is 1.28 bits per heavy atom. The van der Waals surface area contributed by atoms with E-state index in [0.29, 0.717) is 6.61 Å². The van der Waals surface area contributed by atoms with Crippen LogP contribution in [0.5, 0.6) is 5.75 Å². The predicted molar refractivity (Wildman–Crippen MR) is 77.0 cm³/mol. The molecule has 0 unspecified atom stereocenters. The number of rotatable bonds is 4. The van der Waals surface area contributed by atoms with Crippen LogP contribution in [0, 0.1) is 6.92 Å². The van der Waals surface area contributed by atoms with Gasteiger partial charge in [0.25, 0.3) is 0 Å². The van der Waals surface area contributed by atoms with E-state index in [2.05, 4.69) is 26.2 Å². The molecule has 1 aromatic carbocycles. The summed E-state index contributed by atoms with van der Waals surface area (Å²) in [5.74, 6) is 1.75. The normalized spacial score (nSPS) is 10.2. The van der Waals surface area contributed by atoms with Gasteiger partial charge >= 0.3 is 0 Å². The summed E-state index contributed by atoms with van der Waals surface area (Å²) in [6.07, 6.45) is 1.82. The van der Waals surface area contributed by atoms with Crippen LogP contribution in [0.4, 0.5) is 5.82 Å². The van der Waals surface area contributed by atoms with Crippen LogP contribution in [0.3, 0.4) is 0 Å². The molecule has 4 heteroatoms. The molecular formula is C14H15BrN2O. The maximum atomic E-state index is 5.79. The molecular weight excluding hydrogens is 292 g/mol. The summed E-state index contributed by atoms with van der Waals surface area (Å²) < 4.78 is 6.81. The summed E-state index contributed by atoms with van der Waals surface area (Å²) >= 11 is 3.44. The lowest BCUT2D eigenvalue weighted by Gasteiger charge is -2.09. The molecule has 2 aromatic rings. The molecule has 1 heterocycles. The zero-order chi connectivity index (χ0) is 13.0. The molecule has 0 fully saturated rings. The van der Waals surface area contributed by atoms with Crippen LogP contribution >= 0.6 is 15.9 Å². The maximum Gasteiger partial charge on any atom is 0.125 e. The predicted octanol–water partition coefficient (Wildman–Crippen LogP) is 3.77. The van der Waals surface area contributed by atoms with Crippen molar-refractivity contribution in [3.05, 3.63) is 52.1 Å². The number of aromatic nitrogens is 1. The molecule has 1 aromatic heterocycles. The van der Waals surface area contributed by atoms with E-state index >= 15 is 0 Å². The highest BCUT2D eigenvalue weighted by Crippen LogP contribution is 2.23. The van der Waals surface area contributed by atoms with Crippen LogP contribution in [0.1, 0.15) is 11.1 Å². The Kier molecular flexibility index (Phi) is 4.20. The van der Waals surface area contributed by atoms with E-state index in [4.69, 9.17) is 4.74 Å². The minimum atomic E-state index is 0.522. The second-order valence-electron chi connectivity index (χ2n) is 4.00. The lowest BCUT2D eigenvalue weighted by molar-refractivity contribution is 0.303. The first-order chi connectivity index (χ1) is 8.69. The van der Waals surface area contributed by atoms with Gasteiger partial charge in [-0.3, -0.25) is 0 Å². The van der Waals surface area contributed by atoms with Crippen LogP contribution in [0.25, 0.3) is 0 Å². The van der Waals surface area contributed by atoms with Crippen LogP contribution in [0.15, 0.2) is 41.0 Å². The number of hydrogen-bond acceptors (Lipinski definition) is 3. The van der Waals surface area contributed by atoms with Gasteiger partial charge in [0.05, 0.1) is 0 Å². The largest absolute Gasteiger partial charge is 0.489 e. The van der Waals surface area contributed by atoms with Gasteiger partial charge in [-0.05, 0) is 30.7 Å². The third kappa shape index (κ3) is 3.23. The maximum absolute atomic E-state index is 5.79. The minimum absolute atomic E-state index is 0.522. The smallest absolute Gasteiger partial charge is 0.125 e. The first-order valence-corrected chi connectivity index (χ1v) is 6.50. The van der Waals surface area contributed by atoms with Crippen molar-refractivity contribution in [2.45, 2.75) is 13.5 Å². The molecule has 0 aliphatic rings. The van der Waals surface area contributed by atoms with E-state index in [1.165, 1.54) is 0 Å². The van der Waals surface area contributed by atoms with Crippen molar-refractivity contribution in [3.63, 3.8) is 0 Å². The third-order valence-corrected chi connectivity index (χ3v) is 3.12. The van der Waals surface area contributed by atoms with Crippen molar-refractivity contribution >= 4 is 21.7 Å². The number of nitrogens with one attached hydrogen (secondary N) is 1. The van der Waals surface area contributed by atoms with Gasteiger partial charge in [-0.2, -0.15) is 0 Å². The number of aryl methyl sites for hydroxylation is 1. The second-order valence-corrected chi connectivity index (χ2v) is 4.92. The van der Waals surface area contributed by atoms with Crippen molar-refractivity contribution in [1.82, 2.24) is 4.98 Å². The summed E-state index contributed by atoms with van der Waals surface area (Å²) in [7, 11) is 1.85. The topological polar surface area (TPSA) is 34.1 Å². The molecule has 3 nitrogen and oxygen atoms in total. The molecule has 0 atom stereocenters. The van der Waals surface area contributed by atoms with Gasteiger partial charge < -0.3 is 10.1 Å². The minimum Gasteiger partial charge on any atom is -0.489 e. The Morgan fingerprint density at radius 3 is 2.78 bits per heavy atom. The standard InChI is InChI=1S/C14H15BrN2O/c1-10-3-5-12(15)7-13(10)18-9-11-4-6-14(16-2)17-8-11/h3-8H,9H2,1-2H3,(H,16,17). The number of ether oxygens (including phenoxy) is 1. The molecule has 1 N–H and O–H groups in total. The lowest BCUT2D eigenvalue weighted by atomic mass is 10.2.